The van der Waals surface area contributed by atoms with Crippen molar-refractivity contribution in [3.63, 3.8) is 0 Å². The van der Waals surface area contributed by atoms with E-state index >= 15 is 0 Å². The van der Waals surface area contributed by atoms with E-state index in [0.717, 1.165) is 27.9 Å². The van der Waals surface area contributed by atoms with Gasteiger partial charge in [0.1, 0.15) is 6.07 Å². The predicted octanol–water partition coefficient (Wildman–Crippen LogP) is 3.90. The van der Waals surface area contributed by atoms with Crippen molar-refractivity contribution < 1.29 is 0 Å². The molecule has 0 radical (unpaired) electrons. The van der Waals surface area contributed by atoms with Gasteiger partial charge < -0.3 is 4.90 Å². The van der Waals surface area contributed by atoms with Crippen LogP contribution in [0.15, 0.2) is 22.7 Å². The minimum atomic E-state index is 0.440. The van der Waals surface area contributed by atoms with Crippen LogP contribution in [-0.2, 0) is 0 Å². The Morgan fingerprint density at radius 2 is 2.24 bits per heavy atom. The fourth-order valence-corrected chi connectivity index (χ4v) is 2.56. The first-order chi connectivity index (χ1) is 8.10. The van der Waals surface area contributed by atoms with Gasteiger partial charge in [-0.15, -0.1) is 0 Å². The molecule has 1 rings (SSSR count). The summed E-state index contributed by atoms with van der Waals surface area (Å²) < 4.78 is 0.947. The molecule has 0 aliphatic rings. The van der Waals surface area contributed by atoms with Crippen molar-refractivity contribution in [2.45, 2.75) is 19.4 Å². The molecule has 1 aromatic carbocycles. The van der Waals surface area contributed by atoms with Crippen LogP contribution in [0.1, 0.15) is 18.9 Å². The van der Waals surface area contributed by atoms with Crippen LogP contribution in [0.2, 0.25) is 0 Å². The van der Waals surface area contributed by atoms with Crippen LogP contribution in [0.3, 0.4) is 0 Å². The zero-order valence-electron chi connectivity index (χ0n) is 10.4. The number of hydrogen-bond acceptors (Lipinski definition) is 3. The van der Waals surface area contributed by atoms with E-state index in [2.05, 4.69) is 47.1 Å². The highest BCUT2D eigenvalue weighted by Gasteiger charge is 2.13. The van der Waals surface area contributed by atoms with E-state index in [1.165, 1.54) is 0 Å². The smallest absolute Gasteiger partial charge is 0.101 e. The number of hydrogen-bond donors (Lipinski definition) is 0. The van der Waals surface area contributed by atoms with Gasteiger partial charge in [-0.25, -0.2) is 0 Å². The summed E-state index contributed by atoms with van der Waals surface area (Å²) in [5, 5.41) is 9.15. The lowest BCUT2D eigenvalue weighted by atomic mass is 10.1. The Morgan fingerprint density at radius 3 is 2.82 bits per heavy atom. The molecule has 0 fully saturated rings. The molecule has 0 aliphatic carbocycles. The van der Waals surface area contributed by atoms with Gasteiger partial charge in [-0.05, 0) is 43.6 Å². The van der Waals surface area contributed by atoms with Crippen molar-refractivity contribution in [2.75, 3.05) is 24.0 Å². The summed E-state index contributed by atoms with van der Waals surface area (Å²) >= 11 is 5.25. The molecule has 2 nitrogen and oxygen atoms in total. The predicted molar refractivity (Wildman–Crippen MR) is 79.7 cm³/mol. The molecule has 92 valence electrons. The van der Waals surface area contributed by atoms with Crippen LogP contribution in [0.5, 0.6) is 0 Å². The zero-order chi connectivity index (χ0) is 12.8. The Bertz CT molecular complexity index is 414. The van der Waals surface area contributed by atoms with Gasteiger partial charge in [0, 0.05) is 17.6 Å². The van der Waals surface area contributed by atoms with Crippen molar-refractivity contribution in [2.24, 2.45) is 0 Å². The van der Waals surface area contributed by atoms with Crippen molar-refractivity contribution in [3.8, 4) is 6.07 Å². The second-order valence-corrected chi connectivity index (χ2v) is 5.92. The van der Waals surface area contributed by atoms with E-state index in [4.69, 9.17) is 5.26 Å². The van der Waals surface area contributed by atoms with Gasteiger partial charge in [0.2, 0.25) is 0 Å². The molecule has 0 aliphatic heterocycles. The van der Waals surface area contributed by atoms with Crippen molar-refractivity contribution in [3.05, 3.63) is 28.2 Å². The first kappa shape index (κ1) is 14.4. The number of nitrogens with zero attached hydrogens (tertiary/aromatic N) is 2. The normalized spacial score (nSPS) is 11.9. The number of anilines is 1. The highest BCUT2D eigenvalue weighted by molar-refractivity contribution is 9.10. The maximum Gasteiger partial charge on any atom is 0.101 e. The van der Waals surface area contributed by atoms with Crippen molar-refractivity contribution >= 4 is 33.4 Å². The fraction of sp³-hybridized carbons (Fsp3) is 0.462. The third-order valence-corrected chi connectivity index (χ3v) is 4.00. The molecule has 4 heteroatoms. The van der Waals surface area contributed by atoms with E-state index in [1.54, 1.807) is 0 Å². The van der Waals surface area contributed by atoms with Gasteiger partial charge >= 0.3 is 0 Å². The van der Waals surface area contributed by atoms with Crippen LogP contribution in [-0.4, -0.2) is 25.1 Å². The number of thioether (sulfide) groups is 1. The molecule has 0 aromatic heterocycles. The van der Waals surface area contributed by atoms with Gasteiger partial charge in [-0.3, -0.25) is 0 Å². The van der Waals surface area contributed by atoms with Crippen LogP contribution in [0.4, 0.5) is 5.69 Å². The van der Waals surface area contributed by atoms with E-state index in [0.29, 0.717) is 6.04 Å². The highest BCUT2D eigenvalue weighted by atomic mass is 79.9. The first-order valence-corrected chi connectivity index (χ1v) is 7.70. The summed E-state index contributed by atoms with van der Waals surface area (Å²) in [6, 6.07) is 8.54. The molecule has 0 amide bonds. The minimum absolute atomic E-state index is 0.440. The average Bonchev–Trinajstić information content (AvgIpc) is 2.34. The number of nitriles is 1. The summed E-state index contributed by atoms with van der Waals surface area (Å²) in [7, 11) is 2.05. The average molecular weight is 313 g/mol. The largest absolute Gasteiger partial charge is 0.371 e. The summed E-state index contributed by atoms with van der Waals surface area (Å²) in [6.07, 6.45) is 3.24. The SMILES string of the molecule is CSCCC(C)N(C)c1ccc(Br)cc1C#N. The zero-order valence-corrected chi connectivity index (χ0v) is 12.8. The maximum atomic E-state index is 9.15. The Kier molecular flexibility index (Phi) is 5.87. The van der Waals surface area contributed by atoms with Crippen molar-refractivity contribution in [1.29, 1.82) is 5.26 Å². The molecular weight excluding hydrogens is 296 g/mol. The number of halogens is 1. The lowest BCUT2D eigenvalue weighted by Gasteiger charge is -2.27. The molecule has 1 aromatic rings. The number of benzene rings is 1. The van der Waals surface area contributed by atoms with Gasteiger partial charge in [-0.1, -0.05) is 15.9 Å². The molecular formula is C13H17BrN2S. The molecule has 17 heavy (non-hydrogen) atoms. The monoisotopic (exact) mass is 312 g/mol. The van der Waals surface area contributed by atoms with Gasteiger partial charge in [0.25, 0.3) is 0 Å². The van der Waals surface area contributed by atoms with E-state index in [-0.39, 0.29) is 0 Å². The van der Waals surface area contributed by atoms with E-state index < -0.39 is 0 Å². The molecule has 0 bridgehead atoms. The third kappa shape index (κ3) is 3.93. The highest BCUT2D eigenvalue weighted by Crippen LogP contribution is 2.25. The molecule has 0 saturated heterocycles. The van der Waals surface area contributed by atoms with Gasteiger partial charge in [0.15, 0.2) is 0 Å². The summed E-state index contributed by atoms with van der Waals surface area (Å²) in [6.45, 7) is 2.19. The standard InChI is InChI=1S/C13H17BrN2S/c1-10(6-7-17-3)16(2)13-5-4-12(14)8-11(13)9-15/h4-5,8,10H,6-7H2,1-3H3. The molecule has 1 atom stereocenters. The summed E-state index contributed by atoms with van der Waals surface area (Å²) in [5.74, 6) is 1.14. The van der Waals surface area contributed by atoms with Crippen LogP contribution in [0, 0.1) is 11.3 Å². The Morgan fingerprint density at radius 1 is 1.53 bits per heavy atom. The van der Waals surface area contributed by atoms with E-state index in [1.807, 2.05) is 30.0 Å². The van der Waals surface area contributed by atoms with Gasteiger partial charge in [0.05, 0.1) is 11.3 Å². The summed E-state index contributed by atoms with van der Waals surface area (Å²) in [4.78, 5) is 2.18. The molecule has 0 spiro atoms. The maximum absolute atomic E-state index is 9.15. The molecule has 0 saturated carbocycles. The lowest BCUT2D eigenvalue weighted by molar-refractivity contribution is 0.669. The van der Waals surface area contributed by atoms with Crippen LogP contribution >= 0.6 is 27.7 Å². The Labute approximate surface area is 116 Å². The summed E-state index contributed by atoms with van der Waals surface area (Å²) in [5.41, 5.74) is 1.72. The lowest BCUT2D eigenvalue weighted by Crippen LogP contribution is -2.29. The first-order valence-electron chi connectivity index (χ1n) is 5.51. The van der Waals surface area contributed by atoms with E-state index in [9.17, 15) is 0 Å². The molecule has 0 N–H and O–H groups in total. The number of rotatable bonds is 5. The third-order valence-electron chi connectivity index (χ3n) is 2.86. The quantitative estimate of drug-likeness (QED) is 0.825. The second kappa shape index (κ2) is 6.93. The molecule has 1 unspecified atom stereocenters. The van der Waals surface area contributed by atoms with Gasteiger partial charge in [-0.2, -0.15) is 17.0 Å². The van der Waals surface area contributed by atoms with Crippen molar-refractivity contribution in [1.82, 2.24) is 0 Å². The molecule has 0 heterocycles. The Balaban J connectivity index is 2.88. The topological polar surface area (TPSA) is 27.0 Å². The van der Waals surface area contributed by atoms with Crippen LogP contribution < -0.4 is 4.90 Å². The second-order valence-electron chi connectivity index (χ2n) is 4.01. The van der Waals surface area contributed by atoms with Crippen LogP contribution in [0.25, 0.3) is 0 Å². The Hall–Kier alpha value is -0.660. The fourth-order valence-electron chi connectivity index (χ4n) is 1.62. The minimum Gasteiger partial charge on any atom is -0.371 e.